The molecule has 2 N–H and O–H groups in total. The Morgan fingerprint density at radius 1 is 1.29 bits per heavy atom. The lowest BCUT2D eigenvalue weighted by molar-refractivity contribution is 0.479. The average Bonchev–Trinajstić information content (AvgIpc) is 2.93. The van der Waals surface area contributed by atoms with Gasteiger partial charge in [-0.15, -0.1) is 0 Å². The van der Waals surface area contributed by atoms with Crippen LogP contribution in [-0.4, -0.2) is 33.3 Å². The number of aryl methyl sites for hydroxylation is 1. The van der Waals surface area contributed by atoms with Crippen molar-refractivity contribution in [2.45, 2.75) is 52.0 Å². The molecule has 0 spiro atoms. The summed E-state index contributed by atoms with van der Waals surface area (Å²) < 4.78 is 31.8. The highest BCUT2D eigenvalue weighted by atomic mass is 32.2. The number of furan rings is 1. The first kappa shape index (κ1) is 18.2. The molecule has 1 aromatic rings. The van der Waals surface area contributed by atoms with Crippen LogP contribution in [0.5, 0.6) is 0 Å². The molecular weight excluding hydrogens is 288 g/mol. The summed E-state index contributed by atoms with van der Waals surface area (Å²) in [5.41, 5.74) is 0. The Kier molecular flexibility index (Phi) is 8.64. The molecule has 0 aliphatic carbocycles. The molecule has 0 fully saturated rings. The van der Waals surface area contributed by atoms with Gasteiger partial charge in [-0.05, 0) is 57.8 Å². The number of rotatable bonds is 12. The number of hydrogen-bond donors (Lipinski definition) is 2. The lowest BCUT2D eigenvalue weighted by atomic mass is 10.2. The average molecular weight is 316 g/mol. The highest BCUT2D eigenvalue weighted by molar-refractivity contribution is 7.89. The molecule has 5 nitrogen and oxygen atoms in total. The summed E-state index contributed by atoms with van der Waals surface area (Å²) in [4.78, 5) is 0. The van der Waals surface area contributed by atoms with E-state index in [2.05, 4.69) is 17.0 Å². The number of unbranched alkanes of at least 4 members (excludes halogenated alkanes) is 1. The summed E-state index contributed by atoms with van der Waals surface area (Å²) in [7, 11) is -3.17. The maximum atomic E-state index is 11.9. The van der Waals surface area contributed by atoms with Crippen molar-refractivity contribution in [3.05, 3.63) is 24.2 Å². The van der Waals surface area contributed by atoms with Gasteiger partial charge >= 0.3 is 0 Å². The van der Waals surface area contributed by atoms with Crippen LogP contribution in [0.3, 0.4) is 0 Å². The van der Waals surface area contributed by atoms with Crippen molar-refractivity contribution in [1.29, 1.82) is 0 Å². The Labute approximate surface area is 128 Å². The zero-order valence-corrected chi connectivity index (χ0v) is 13.9. The largest absolute Gasteiger partial charge is 0.469 e. The summed E-state index contributed by atoms with van der Waals surface area (Å²) in [5, 5.41) is 3.27. The van der Waals surface area contributed by atoms with Gasteiger partial charge in [0.15, 0.2) is 0 Å². The van der Waals surface area contributed by atoms with Gasteiger partial charge in [0.25, 0.3) is 0 Å². The number of sulfonamides is 1. The van der Waals surface area contributed by atoms with E-state index in [1.54, 1.807) is 6.26 Å². The smallest absolute Gasteiger partial charge is 0.211 e. The Bertz CT molecular complexity index is 457. The van der Waals surface area contributed by atoms with Crippen molar-refractivity contribution in [2.75, 3.05) is 18.8 Å². The van der Waals surface area contributed by atoms with Gasteiger partial charge in [-0.3, -0.25) is 0 Å². The fourth-order valence-corrected chi connectivity index (χ4v) is 3.51. The van der Waals surface area contributed by atoms with Gasteiger partial charge in [-0.1, -0.05) is 6.92 Å². The molecule has 1 rings (SSSR count). The highest BCUT2D eigenvalue weighted by Crippen LogP contribution is 2.07. The van der Waals surface area contributed by atoms with E-state index in [1.807, 2.05) is 19.1 Å². The van der Waals surface area contributed by atoms with Crippen LogP contribution in [0, 0.1) is 0 Å². The van der Waals surface area contributed by atoms with Gasteiger partial charge in [-0.2, -0.15) is 0 Å². The van der Waals surface area contributed by atoms with Crippen LogP contribution in [0.2, 0.25) is 0 Å². The van der Waals surface area contributed by atoms with E-state index >= 15 is 0 Å². The SMILES string of the molecule is CCCNCCCCS(=O)(=O)NC(C)CCc1ccco1. The summed E-state index contributed by atoms with van der Waals surface area (Å²) in [6.07, 6.45) is 5.81. The third-order valence-corrected chi connectivity index (χ3v) is 4.82. The van der Waals surface area contributed by atoms with Crippen molar-refractivity contribution < 1.29 is 12.8 Å². The van der Waals surface area contributed by atoms with Gasteiger partial charge in [0, 0.05) is 12.5 Å². The zero-order chi connectivity index (χ0) is 15.6. The normalized spacial score (nSPS) is 13.4. The molecule has 0 aromatic carbocycles. The molecule has 0 saturated carbocycles. The van der Waals surface area contributed by atoms with Crippen molar-refractivity contribution >= 4 is 10.0 Å². The molecule has 1 atom stereocenters. The van der Waals surface area contributed by atoms with E-state index in [9.17, 15) is 8.42 Å². The zero-order valence-electron chi connectivity index (χ0n) is 13.1. The first-order valence-corrected chi connectivity index (χ1v) is 9.42. The molecular formula is C15H28N2O3S. The first-order valence-electron chi connectivity index (χ1n) is 7.76. The fourth-order valence-electron chi connectivity index (χ4n) is 2.08. The molecule has 0 saturated heterocycles. The predicted molar refractivity (Wildman–Crippen MR) is 85.8 cm³/mol. The molecule has 0 radical (unpaired) electrons. The van der Waals surface area contributed by atoms with Gasteiger partial charge in [0.2, 0.25) is 10.0 Å². The second-order valence-electron chi connectivity index (χ2n) is 5.41. The van der Waals surface area contributed by atoms with E-state index in [1.165, 1.54) is 0 Å². The molecule has 1 unspecified atom stereocenters. The Hall–Kier alpha value is -0.850. The molecule has 0 aliphatic heterocycles. The molecule has 0 aliphatic rings. The second kappa shape index (κ2) is 9.97. The van der Waals surface area contributed by atoms with E-state index in [4.69, 9.17) is 4.42 Å². The third kappa shape index (κ3) is 8.90. The standard InChI is InChI=1S/C15H28N2O3S/c1-3-10-16-11-4-5-13-21(18,19)17-14(2)8-9-15-7-6-12-20-15/h6-7,12,14,16-17H,3-5,8-11,13H2,1-2H3. The van der Waals surface area contributed by atoms with E-state index in [0.717, 1.165) is 44.5 Å². The van der Waals surface area contributed by atoms with Gasteiger partial charge in [0.05, 0.1) is 12.0 Å². The van der Waals surface area contributed by atoms with Crippen LogP contribution < -0.4 is 10.0 Å². The van der Waals surface area contributed by atoms with E-state index in [-0.39, 0.29) is 11.8 Å². The van der Waals surface area contributed by atoms with Crippen LogP contribution in [0.4, 0.5) is 0 Å². The quantitative estimate of drug-likeness (QED) is 0.580. The Morgan fingerprint density at radius 2 is 2.10 bits per heavy atom. The maximum absolute atomic E-state index is 11.9. The van der Waals surface area contributed by atoms with Gasteiger partial charge < -0.3 is 9.73 Å². The summed E-state index contributed by atoms with van der Waals surface area (Å²) in [6.45, 7) is 5.89. The van der Waals surface area contributed by atoms with Gasteiger partial charge in [-0.25, -0.2) is 13.1 Å². The molecule has 1 heterocycles. The summed E-state index contributed by atoms with van der Waals surface area (Å²) in [5.74, 6) is 1.09. The van der Waals surface area contributed by atoms with Crippen LogP contribution in [-0.2, 0) is 16.4 Å². The van der Waals surface area contributed by atoms with Crippen LogP contribution in [0.25, 0.3) is 0 Å². The minimum absolute atomic E-state index is 0.0710. The topological polar surface area (TPSA) is 71.3 Å². The van der Waals surface area contributed by atoms with E-state index < -0.39 is 10.0 Å². The van der Waals surface area contributed by atoms with Crippen molar-refractivity contribution in [3.8, 4) is 0 Å². The molecule has 0 bridgehead atoms. The maximum Gasteiger partial charge on any atom is 0.211 e. The lowest BCUT2D eigenvalue weighted by Gasteiger charge is -2.13. The summed E-state index contributed by atoms with van der Waals surface area (Å²) in [6, 6.07) is 3.68. The fraction of sp³-hybridized carbons (Fsp3) is 0.733. The lowest BCUT2D eigenvalue weighted by Crippen LogP contribution is -2.34. The van der Waals surface area contributed by atoms with Crippen molar-refractivity contribution in [2.24, 2.45) is 0 Å². The molecule has 0 amide bonds. The second-order valence-corrected chi connectivity index (χ2v) is 7.29. The Balaban J connectivity index is 2.15. The predicted octanol–water partition coefficient (Wildman–Crippen LogP) is 2.30. The molecule has 1 aromatic heterocycles. The molecule has 6 heteroatoms. The first-order chi connectivity index (χ1) is 10.0. The van der Waals surface area contributed by atoms with Crippen LogP contribution in [0.15, 0.2) is 22.8 Å². The summed E-state index contributed by atoms with van der Waals surface area (Å²) >= 11 is 0. The molecule has 122 valence electrons. The number of hydrogen-bond acceptors (Lipinski definition) is 4. The Morgan fingerprint density at radius 3 is 2.76 bits per heavy atom. The number of nitrogens with one attached hydrogen (secondary N) is 2. The monoisotopic (exact) mass is 316 g/mol. The minimum atomic E-state index is -3.17. The molecule has 21 heavy (non-hydrogen) atoms. The van der Waals surface area contributed by atoms with E-state index in [0.29, 0.717) is 6.42 Å². The highest BCUT2D eigenvalue weighted by Gasteiger charge is 2.14. The third-order valence-electron chi connectivity index (χ3n) is 3.23. The van der Waals surface area contributed by atoms with Crippen molar-refractivity contribution in [1.82, 2.24) is 10.0 Å². The van der Waals surface area contributed by atoms with Crippen LogP contribution in [0.1, 0.15) is 45.3 Å². The van der Waals surface area contributed by atoms with Crippen LogP contribution >= 0.6 is 0 Å². The van der Waals surface area contributed by atoms with Gasteiger partial charge in [0.1, 0.15) is 5.76 Å². The minimum Gasteiger partial charge on any atom is -0.469 e. The van der Waals surface area contributed by atoms with Crippen molar-refractivity contribution in [3.63, 3.8) is 0 Å².